The summed E-state index contributed by atoms with van der Waals surface area (Å²) in [5.41, 5.74) is 0.934. The lowest BCUT2D eigenvalue weighted by Crippen LogP contribution is -2.41. The van der Waals surface area contributed by atoms with Gasteiger partial charge in [0.15, 0.2) is 0 Å². The highest BCUT2D eigenvalue weighted by molar-refractivity contribution is 6.54. The molecule has 2 aliphatic heterocycles. The summed E-state index contributed by atoms with van der Waals surface area (Å²) in [6.07, 6.45) is 3.52. The van der Waals surface area contributed by atoms with E-state index in [0.717, 1.165) is 25.4 Å². The second-order valence-electron chi connectivity index (χ2n) is 6.62. The molecule has 2 fully saturated rings. The first-order chi connectivity index (χ1) is 7.89. The van der Waals surface area contributed by atoms with Gasteiger partial charge in [0.1, 0.15) is 0 Å². The first-order valence-corrected chi connectivity index (χ1v) is 6.66. The Morgan fingerprint density at radius 1 is 1.18 bits per heavy atom. The van der Waals surface area contributed by atoms with E-state index >= 15 is 0 Å². The smallest absolute Gasteiger partial charge is 0.400 e. The van der Waals surface area contributed by atoms with E-state index in [9.17, 15) is 0 Å². The first kappa shape index (κ1) is 11.8. The van der Waals surface area contributed by atoms with E-state index in [-0.39, 0.29) is 18.3 Å². The second-order valence-corrected chi connectivity index (χ2v) is 6.62. The Morgan fingerprint density at radius 2 is 1.82 bits per heavy atom. The van der Waals surface area contributed by atoms with Crippen LogP contribution in [0.15, 0.2) is 11.5 Å². The Morgan fingerprint density at radius 3 is 2.41 bits per heavy atom. The van der Waals surface area contributed by atoms with Gasteiger partial charge >= 0.3 is 7.12 Å². The van der Waals surface area contributed by atoms with Crippen LogP contribution in [-0.4, -0.2) is 31.4 Å². The van der Waals surface area contributed by atoms with Crippen molar-refractivity contribution in [2.75, 3.05) is 13.1 Å². The SMILES string of the molecule is CC1(C)OB(C2=CC3CNCC3C2)OC1(C)C. The molecule has 2 heterocycles. The van der Waals surface area contributed by atoms with Gasteiger partial charge in [0.2, 0.25) is 0 Å². The molecule has 0 aromatic heterocycles. The van der Waals surface area contributed by atoms with Gasteiger partial charge in [0, 0.05) is 6.54 Å². The van der Waals surface area contributed by atoms with Crippen molar-refractivity contribution in [3.8, 4) is 0 Å². The fourth-order valence-electron chi connectivity index (χ4n) is 2.99. The zero-order valence-electron chi connectivity index (χ0n) is 11.2. The third kappa shape index (κ3) is 1.77. The van der Waals surface area contributed by atoms with Crippen LogP contribution in [0.5, 0.6) is 0 Å². The van der Waals surface area contributed by atoms with Crippen molar-refractivity contribution in [3.63, 3.8) is 0 Å². The molecule has 0 spiro atoms. The van der Waals surface area contributed by atoms with Gasteiger partial charge in [-0.1, -0.05) is 6.08 Å². The van der Waals surface area contributed by atoms with Crippen molar-refractivity contribution in [2.45, 2.75) is 45.3 Å². The molecule has 94 valence electrons. The van der Waals surface area contributed by atoms with Crippen LogP contribution >= 0.6 is 0 Å². The number of nitrogens with one attached hydrogen (secondary N) is 1. The second kappa shape index (κ2) is 3.59. The predicted octanol–water partition coefficient (Wildman–Crippen LogP) is 1.78. The fraction of sp³-hybridized carbons (Fsp3) is 0.846. The Bertz CT molecular complexity index is 348. The summed E-state index contributed by atoms with van der Waals surface area (Å²) in [6, 6.07) is 0. The third-order valence-corrected chi connectivity index (χ3v) is 4.87. The summed E-state index contributed by atoms with van der Waals surface area (Å²) in [4.78, 5) is 0. The molecule has 0 aromatic rings. The van der Waals surface area contributed by atoms with Crippen LogP contribution in [0.25, 0.3) is 0 Å². The third-order valence-electron chi connectivity index (χ3n) is 4.87. The molecule has 0 amide bonds. The number of hydrogen-bond acceptors (Lipinski definition) is 3. The first-order valence-electron chi connectivity index (χ1n) is 6.66. The average Bonchev–Trinajstić information content (AvgIpc) is 2.77. The van der Waals surface area contributed by atoms with Gasteiger partial charge in [0.25, 0.3) is 0 Å². The van der Waals surface area contributed by atoms with Crippen LogP contribution in [0.3, 0.4) is 0 Å². The number of rotatable bonds is 1. The van der Waals surface area contributed by atoms with E-state index in [1.165, 1.54) is 5.47 Å². The van der Waals surface area contributed by atoms with Gasteiger partial charge in [-0.2, -0.15) is 0 Å². The van der Waals surface area contributed by atoms with Gasteiger partial charge in [-0.15, -0.1) is 0 Å². The molecule has 0 bridgehead atoms. The number of fused-ring (bicyclic) bond motifs is 1. The molecule has 0 radical (unpaired) electrons. The van der Waals surface area contributed by atoms with Crippen LogP contribution in [0.4, 0.5) is 0 Å². The molecule has 3 aliphatic rings. The molecule has 2 unspecified atom stereocenters. The minimum atomic E-state index is -0.214. The zero-order valence-corrected chi connectivity index (χ0v) is 11.2. The van der Waals surface area contributed by atoms with Gasteiger partial charge < -0.3 is 14.6 Å². The van der Waals surface area contributed by atoms with Gasteiger partial charge in [-0.25, -0.2) is 0 Å². The maximum atomic E-state index is 6.10. The molecule has 0 saturated carbocycles. The molecule has 17 heavy (non-hydrogen) atoms. The van der Waals surface area contributed by atoms with Crippen LogP contribution in [0.1, 0.15) is 34.1 Å². The molecule has 3 nitrogen and oxygen atoms in total. The molecule has 2 atom stereocenters. The predicted molar refractivity (Wildman–Crippen MR) is 68.6 cm³/mol. The van der Waals surface area contributed by atoms with Crippen molar-refractivity contribution in [2.24, 2.45) is 11.8 Å². The van der Waals surface area contributed by atoms with Gasteiger partial charge in [-0.05, 0) is 58.0 Å². The van der Waals surface area contributed by atoms with Crippen LogP contribution < -0.4 is 5.32 Å². The molecule has 3 rings (SSSR count). The van der Waals surface area contributed by atoms with Crippen molar-refractivity contribution in [1.29, 1.82) is 0 Å². The van der Waals surface area contributed by atoms with E-state index in [1.54, 1.807) is 0 Å². The van der Waals surface area contributed by atoms with Crippen LogP contribution in [0, 0.1) is 11.8 Å². The number of hydrogen-bond donors (Lipinski definition) is 1. The van der Waals surface area contributed by atoms with Gasteiger partial charge in [0.05, 0.1) is 11.2 Å². The van der Waals surface area contributed by atoms with E-state index < -0.39 is 0 Å². The van der Waals surface area contributed by atoms with Crippen molar-refractivity contribution >= 4 is 7.12 Å². The van der Waals surface area contributed by atoms with Crippen LogP contribution in [0.2, 0.25) is 0 Å². The largest absolute Gasteiger partial charge is 0.490 e. The molecule has 2 saturated heterocycles. The Labute approximate surface area is 104 Å². The maximum Gasteiger partial charge on any atom is 0.490 e. The molecular formula is C13H22BNO2. The summed E-state index contributed by atoms with van der Waals surface area (Å²) in [5.74, 6) is 1.47. The molecule has 0 aromatic carbocycles. The maximum absolute atomic E-state index is 6.10. The van der Waals surface area contributed by atoms with E-state index in [0.29, 0.717) is 5.92 Å². The van der Waals surface area contributed by atoms with Crippen molar-refractivity contribution in [3.05, 3.63) is 11.5 Å². The Hall–Kier alpha value is -0.315. The lowest BCUT2D eigenvalue weighted by molar-refractivity contribution is 0.00578. The quantitative estimate of drug-likeness (QED) is 0.703. The molecule has 1 aliphatic carbocycles. The van der Waals surface area contributed by atoms with E-state index in [2.05, 4.69) is 39.1 Å². The topological polar surface area (TPSA) is 30.5 Å². The highest BCUT2D eigenvalue weighted by Gasteiger charge is 2.53. The Kier molecular flexibility index (Phi) is 2.48. The normalized spacial score (nSPS) is 38.4. The Balaban J connectivity index is 1.76. The zero-order chi connectivity index (χ0) is 12.3. The van der Waals surface area contributed by atoms with E-state index in [4.69, 9.17) is 9.31 Å². The highest BCUT2D eigenvalue weighted by atomic mass is 16.7. The summed E-state index contributed by atoms with van der Waals surface area (Å²) >= 11 is 0. The highest BCUT2D eigenvalue weighted by Crippen LogP contribution is 2.42. The van der Waals surface area contributed by atoms with Gasteiger partial charge in [-0.3, -0.25) is 0 Å². The van der Waals surface area contributed by atoms with Crippen molar-refractivity contribution < 1.29 is 9.31 Å². The molecule has 4 heteroatoms. The summed E-state index contributed by atoms with van der Waals surface area (Å²) in [5, 5.41) is 3.44. The average molecular weight is 235 g/mol. The van der Waals surface area contributed by atoms with E-state index in [1.807, 2.05) is 0 Å². The number of allylic oxidation sites excluding steroid dienone is 1. The summed E-state index contributed by atoms with van der Waals surface area (Å²) in [6.45, 7) is 10.7. The monoisotopic (exact) mass is 235 g/mol. The fourth-order valence-corrected chi connectivity index (χ4v) is 2.99. The lowest BCUT2D eigenvalue weighted by Gasteiger charge is -2.32. The van der Waals surface area contributed by atoms with Crippen LogP contribution in [-0.2, 0) is 9.31 Å². The lowest BCUT2D eigenvalue weighted by atomic mass is 9.77. The minimum Gasteiger partial charge on any atom is -0.400 e. The van der Waals surface area contributed by atoms with Crippen molar-refractivity contribution in [1.82, 2.24) is 5.32 Å². The summed E-state index contributed by atoms with van der Waals surface area (Å²) < 4.78 is 12.2. The molecular weight excluding hydrogens is 213 g/mol. The minimum absolute atomic E-state index is 0.120. The molecule has 1 N–H and O–H groups in total. The summed E-state index contributed by atoms with van der Waals surface area (Å²) in [7, 11) is -0.120. The standard InChI is InChI=1S/C13H22BNO2/c1-12(2)13(3,4)17-14(16-12)11-5-9-7-15-8-10(9)6-11/h5,9-10,15H,6-8H2,1-4H3.